The molecule has 1 aromatic carbocycles. The van der Waals surface area contributed by atoms with Gasteiger partial charge in [0.05, 0.1) is 7.27 Å². The van der Waals surface area contributed by atoms with Crippen molar-refractivity contribution in [3.63, 3.8) is 0 Å². The van der Waals surface area contributed by atoms with E-state index in [1.165, 1.54) is 16.7 Å². The molecule has 0 nitrogen and oxygen atoms in total. The maximum atomic E-state index is 6.73. The highest BCUT2D eigenvalue weighted by molar-refractivity contribution is 7.92. The van der Waals surface area contributed by atoms with Gasteiger partial charge in [-0.1, -0.05) is 109 Å². The van der Waals surface area contributed by atoms with Gasteiger partial charge in [-0.15, -0.1) is 0 Å². The maximum Gasteiger partial charge on any atom is 0.145 e. The van der Waals surface area contributed by atoms with Crippen LogP contribution in [0, 0.1) is 0 Å². The smallest absolute Gasteiger partial charge is 0.0986 e. The molecule has 1 unspecified atom stereocenters. The fourth-order valence-corrected chi connectivity index (χ4v) is 5.13. The van der Waals surface area contributed by atoms with Crippen molar-refractivity contribution < 1.29 is 0 Å². The van der Waals surface area contributed by atoms with E-state index in [1.807, 2.05) is 0 Å². The molecule has 0 aliphatic carbocycles. The van der Waals surface area contributed by atoms with E-state index in [0.717, 1.165) is 5.30 Å². The van der Waals surface area contributed by atoms with Crippen LogP contribution in [0.3, 0.4) is 0 Å². The molecule has 0 bridgehead atoms. The van der Waals surface area contributed by atoms with Gasteiger partial charge in [-0.25, -0.2) is 0 Å². The predicted molar refractivity (Wildman–Crippen MR) is 110 cm³/mol. The molecule has 4 heteroatoms. The summed E-state index contributed by atoms with van der Waals surface area (Å²) in [7, 11) is -1.15. The van der Waals surface area contributed by atoms with E-state index < -0.39 is 11.9 Å². The van der Waals surface area contributed by atoms with Crippen LogP contribution in [0.4, 0.5) is 0 Å². The third-order valence-corrected chi connectivity index (χ3v) is 8.09. The molecular formula is C19H30Cl3P. The van der Waals surface area contributed by atoms with Crippen molar-refractivity contribution in [3.05, 3.63) is 28.8 Å². The molecule has 0 saturated heterocycles. The highest BCUT2D eigenvalue weighted by atomic mass is 35.7. The molecule has 0 saturated carbocycles. The molecular weight excluding hydrogens is 366 g/mol. The quantitative estimate of drug-likeness (QED) is 0.357. The van der Waals surface area contributed by atoms with Crippen LogP contribution in [0.2, 0.25) is 0 Å². The lowest BCUT2D eigenvalue weighted by Gasteiger charge is -2.35. The summed E-state index contributed by atoms with van der Waals surface area (Å²) in [5.41, 5.74) is 3.90. The van der Waals surface area contributed by atoms with E-state index in [4.69, 9.17) is 34.4 Å². The summed E-state index contributed by atoms with van der Waals surface area (Å²) in [6.45, 7) is 20.1. The Bertz CT molecular complexity index is 522. The van der Waals surface area contributed by atoms with E-state index in [0.29, 0.717) is 0 Å². The number of hydrogen-bond donors (Lipinski definition) is 0. The van der Waals surface area contributed by atoms with Crippen LogP contribution in [0.1, 0.15) is 79.0 Å². The van der Waals surface area contributed by atoms with E-state index in [2.05, 4.69) is 74.4 Å². The van der Waals surface area contributed by atoms with Gasteiger partial charge in [0.25, 0.3) is 0 Å². The first-order valence-electron chi connectivity index (χ1n) is 7.99. The Hall–Kier alpha value is 0.520. The molecule has 0 aliphatic rings. The molecule has 0 radical (unpaired) electrons. The summed E-state index contributed by atoms with van der Waals surface area (Å²) < 4.78 is -0.575. The molecule has 0 amide bonds. The fraction of sp³-hybridized carbons (Fsp3) is 0.684. The van der Waals surface area contributed by atoms with Gasteiger partial charge in [0.2, 0.25) is 0 Å². The van der Waals surface area contributed by atoms with Gasteiger partial charge in [-0.2, -0.15) is 0 Å². The molecule has 0 spiro atoms. The average Bonchev–Trinajstić information content (AvgIpc) is 2.32. The topological polar surface area (TPSA) is 0 Å². The minimum Gasteiger partial charge on any atom is -0.0986 e. The van der Waals surface area contributed by atoms with Gasteiger partial charge >= 0.3 is 0 Å². The molecule has 23 heavy (non-hydrogen) atoms. The number of alkyl halides is 2. The summed E-state index contributed by atoms with van der Waals surface area (Å²) in [4.78, 5) is 0. The van der Waals surface area contributed by atoms with E-state index in [1.54, 1.807) is 0 Å². The second-order valence-electron chi connectivity index (χ2n) is 9.26. The van der Waals surface area contributed by atoms with Crippen LogP contribution < -0.4 is 5.30 Å². The summed E-state index contributed by atoms with van der Waals surface area (Å²) in [6.07, 6.45) is 0. The van der Waals surface area contributed by atoms with Crippen LogP contribution in [0.25, 0.3) is 0 Å². The van der Waals surface area contributed by atoms with Crippen molar-refractivity contribution in [2.75, 3.05) is 0 Å². The monoisotopic (exact) mass is 394 g/mol. The maximum absolute atomic E-state index is 6.73. The van der Waals surface area contributed by atoms with E-state index in [-0.39, 0.29) is 16.2 Å². The van der Waals surface area contributed by atoms with Crippen molar-refractivity contribution in [1.82, 2.24) is 0 Å². The second kappa shape index (κ2) is 7.03. The number of rotatable bonds is 2. The van der Waals surface area contributed by atoms with Gasteiger partial charge in [-0.05, 0) is 32.9 Å². The zero-order chi connectivity index (χ0) is 18.4. The molecule has 0 aromatic heterocycles. The van der Waals surface area contributed by atoms with Crippen LogP contribution >= 0.6 is 41.7 Å². The van der Waals surface area contributed by atoms with Crippen LogP contribution in [0.15, 0.2) is 12.1 Å². The van der Waals surface area contributed by atoms with E-state index >= 15 is 0 Å². The lowest BCUT2D eigenvalue weighted by atomic mass is 9.75. The van der Waals surface area contributed by atoms with Gasteiger partial charge in [0.15, 0.2) is 0 Å². The fourth-order valence-electron chi connectivity index (χ4n) is 2.54. The Balaban J connectivity index is 3.90. The third-order valence-electron chi connectivity index (χ3n) is 3.98. The predicted octanol–water partition coefficient (Wildman–Crippen LogP) is 7.60. The molecule has 1 atom stereocenters. The van der Waals surface area contributed by atoms with Gasteiger partial charge in [0, 0.05) is 5.30 Å². The molecule has 132 valence electrons. The highest BCUT2D eigenvalue weighted by Crippen LogP contribution is 2.53. The van der Waals surface area contributed by atoms with Crippen LogP contribution in [-0.2, 0) is 16.2 Å². The first-order chi connectivity index (χ1) is 10.1. The first-order valence-corrected chi connectivity index (χ1v) is 11.2. The van der Waals surface area contributed by atoms with Crippen molar-refractivity contribution >= 4 is 47.0 Å². The summed E-state index contributed by atoms with van der Waals surface area (Å²) >= 11 is 19.1. The lowest BCUT2D eigenvalue weighted by Crippen LogP contribution is -2.31. The standard InChI is InChI=1S/C19H30Cl3P/c1-17(2,3)12-10-13(18(4,5)6)15(23(22)16(20)21)14(11-12)19(7,8)9/h10-11,16H,1-9H3. The van der Waals surface area contributed by atoms with E-state index in [9.17, 15) is 0 Å². The first kappa shape index (κ1) is 21.6. The largest absolute Gasteiger partial charge is 0.145 e. The van der Waals surface area contributed by atoms with Crippen molar-refractivity contribution in [2.45, 2.75) is 83.1 Å². The van der Waals surface area contributed by atoms with Crippen LogP contribution in [0.5, 0.6) is 0 Å². The minimum atomic E-state index is -1.15. The number of halogens is 3. The highest BCUT2D eigenvalue weighted by Gasteiger charge is 2.33. The number of benzene rings is 1. The zero-order valence-electron chi connectivity index (χ0n) is 15.8. The second-order valence-corrected chi connectivity index (χ2v) is 13.6. The minimum absolute atomic E-state index is 0.0191. The van der Waals surface area contributed by atoms with Crippen molar-refractivity contribution in [1.29, 1.82) is 0 Å². The third kappa shape index (κ3) is 5.24. The van der Waals surface area contributed by atoms with Crippen molar-refractivity contribution in [2.24, 2.45) is 0 Å². The average molecular weight is 396 g/mol. The van der Waals surface area contributed by atoms with Crippen LogP contribution in [-0.4, -0.2) is 4.58 Å². The molecule has 1 aromatic rings. The lowest BCUT2D eigenvalue weighted by molar-refractivity contribution is 0.553. The Kier molecular flexibility index (Phi) is 6.59. The van der Waals surface area contributed by atoms with Crippen molar-refractivity contribution in [3.8, 4) is 0 Å². The Labute approximate surface area is 158 Å². The summed E-state index contributed by atoms with van der Waals surface area (Å²) in [6, 6.07) is 4.61. The molecule has 0 heterocycles. The molecule has 1 rings (SSSR count). The van der Waals surface area contributed by atoms with Gasteiger partial charge < -0.3 is 0 Å². The summed E-state index contributed by atoms with van der Waals surface area (Å²) in [5, 5.41) is 1.16. The molecule has 0 fully saturated rings. The zero-order valence-corrected chi connectivity index (χ0v) is 19.0. The normalized spacial score (nSPS) is 15.2. The SMILES string of the molecule is CC(C)(C)c1cc(C(C)(C)C)c(P(Cl)C(Cl)Cl)c(C(C)(C)C)c1. The molecule has 0 aliphatic heterocycles. The molecule has 0 N–H and O–H groups in total. The number of hydrogen-bond acceptors (Lipinski definition) is 0. The summed E-state index contributed by atoms with van der Waals surface area (Å²) in [5.74, 6) is 0. The Morgan fingerprint density at radius 1 is 0.739 bits per heavy atom. The van der Waals surface area contributed by atoms with Gasteiger partial charge in [-0.3, -0.25) is 0 Å². The Morgan fingerprint density at radius 2 is 1.09 bits per heavy atom. The van der Waals surface area contributed by atoms with Gasteiger partial charge in [0.1, 0.15) is 4.58 Å². The Morgan fingerprint density at radius 3 is 1.30 bits per heavy atom.